The summed E-state index contributed by atoms with van der Waals surface area (Å²) in [6, 6.07) is 15.0. The van der Waals surface area contributed by atoms with Crippen molar-refractivity contribution in [1.29, 1.82) is 0 Å². The van der Waals surface area contributed by atoms with Gasteiger partial charge in [-0.2, -0.15) is 8.42 Å². The Hall–Kier alpha value is -3.10. The van der Waals surface area contributed by atoms with Gasteiger partial charge in [-0.15, -0.1) is 4.40 Å². The van der Waals surface area contributed by atoms with E-state index in [4.69, 9.17) is 16.3 Å². The second-order valence-corrected chi connectivity index (χ2v) is 8.99. The lowest BCUT2D eigenvalue weighted by molar-refractivity contribution is 0.0600. The van der Waals surface area contributed by atoms with Crippen LogP contribution in [0.25, 0.3) is 0 Å². The number of halogens is 1. The third-order valence-corrected chi connectivity index (χ3v) is 6.14. The number of esters is 1. The fourth-order valence-corrected chi connectivity index (χ4v) is 4.47. The molecule has 0 fully saturated rings. The van der Waals surface area contributed by atoms with Crippen LogP contribution in [0.2, 0.25) is 5.02 Å². The Kier molecular flexibility index (Phi) is 6.82. The van der Waals surface area contributed by atoms with E-state index in [0.717, 1.165) is 5.56 Å². The minimum absolute atomic E-state index is 0.0590. The molecule has 31 heavy (non-hydrogen) atoms. The van der Waals surface area contributed by atoms with Crippen molar-refractivity contribution in [3.63, 3.8) is 0 Å². The van der Waals surface area contributed by atoms with E-state index < -0.39 is 16.0 Å². The van der Waals surface area contributed by atoms with Gasteiger partial charge in [0.15, 0.2) is 5.84 Å². The maximum absolute atomic E-state index is 13.4. The largest absolute Gasteiger partial charge is 0.465 e. The first-order chi connectivity index (χ1) is 14.7. The molecule has 3 rings (SSSR count). The van der Waals surface area contributed by atoms with Crippen molar-refractivity contribution in [2.45, 2.75) is 11.3 Å². The number of nitrogens with one attached hydrogen (secondary N) is 1. The molecule has 162 valence electrons. The number of nitrogens with zero attached hydrogens (tertiary/aromatic N) is 2. The van der Waals surface area contributed by atoms with Crippen LogP contribution in [-0.4, -0.2) is 51.3 Å². The Morgan fingerprint density at radius 2 is 1.84 bits per heavy atom. The van der Waals surface area contributed by atoms with E-state index in [2.05, 4.69) is 9.38 Å². The number of hydrogen-bond acceptors (Lipinski definition) is 4. The number of rotatable bonds is 6. The Balaban J connectivity index is 2.14. The number of carbonyl (C=O) groups is 1. The number of ether oxygens (including phenoxy) is 1. The molecule has 0 radical (unpaired) electrons. The fourth-order valence-electron chi connectivity index (χ4n) is 3.01. The van der Waals surface area contributed by atoms with Gasteiger partial charge in [0.25, 0.3) is 10.0 Å². The van der Waals surface area contributed by atoms with Gasteiger partial charge in [0.1, 0.15) is 0 Å². The van der Waals surface area contributed by atoms with Crippen LogP contribution < -0.4 is 0 Å². The first kappa shape index (κ1) is 22.6. The number of sulfonamides is 1. The summed E-state index contributed by atoms with van der Waals surface area (Å²) in [4.78, 5) is 16.5. The molecule has 0 aliphatic carbocycles. The zero-order valence-electron chi connectivity index (χ0n) is 17.3. The molecule has 0 bridgehead atoms. The maximum Gasteiger partial charge on any atom is 0.337 e. The lowest BCUT2D eigenvalue weighted by Gasteiger charge is -2.16. The molecular formula is C22H22ClN3O4S. The second kappa shape index (κ2) is 9.36. The van der Waals surface area contributed by atoms with Gasteiger partial charge in [-0.1, -0.05) is 29.8 Å². The van der Waals surface area contributed by atoms with Crippen LogP contribution in [0.5, 0.6) is 0 Å². The quantitative estimate of drug-likeness (QED) is 0.344. The summed E-state index contributed by atoms with van der Waals surface area (Å²) < 4.78 is 35.6. The predicted octanol–water partition coefficient (Wildman–Crippen LogP) is 3.74. The molecule has 1 aromatic heterocycles. The number of benzene rings is 2. The van der Waals surface area contributed by atoms with E-state index >= 15 is 0 Å². The van der Waals surface area contributed by atoms with Crippen molar-refractivity contribution in [3.8, 4) is 0 Å². The molecule has 0 aliphatic rings. The maximum atomic E-state index is 13.4. The van der Waals surface area contributed by atoms with Gasteiger partial charge >= 0.3 is 5.97 Å². The average molecular weight is 460 g/mol. The van der Waals surface area contributed by atoms with Crippen molar-refractivity contribution in [2.24, 2.45) is 4.40 Å². The highest BCUT2D eigenvalue weighted by Gasteiger charge is 2.23. The van der Waals surface area contributed by atoms with Gasteiger partial charge < -0.3 is 14.6 Å². The van der Waals surface area contributed by atoms with Crippen LogP contribution in [0.4, 0.5) is 0 Å². The number of aromatic nitrogens is 1. The van der Waals surface area contributed by atoms with Gasteiger partial charge in [0.05, 0.1) is 23.3 Å². The summed E-state index contributed by atoms with van der Waals surface area (Å²) in [7, 11) is 0.487. The highest BCUT2D eigenvalue weighted by molar-refractivity contribution is 7.90. The molecule has 0 saturated carbocycles. The molecule has 3 aromatic rings. The van der Waals surface area contributed by atoms with E-state index in [-0.39, 0.29) is 16.3 Å². The van der Waals surface area contributed by atoms with Crippen LogP contribution >= 0.6 is 11.6 Å². The van der Waals surface area contributed by atoms with Gasteiger partial charge in [-0.3, -0.25) is 0 Å². The second-order valence-electron chi connectivity index (χ2n) is 6.99. The molecule has 7 nitrogen and oxygen atoms in total. The lowest BCUT2D eigenvalue weighted by atomic mass is 10.0. The molecule has 0 unspecified atom stereocenters. The minimum atomic E-state index is -4.16. The number of methoxy groups -OCH3 is 1. The zero-order valence-corrected chi connectivity index (χ0v) is 18.9. The van der Waals surface area contributed by atoms with Gasteiger partial charge in [-0.05, 0) is 53.9 Å². The van der Waals surface area contributed by atoms with Crippen LogP contribution in [0.15, 0.2) is 70.1 Å². The standard InChI is InChI=1S/C22H22ClN3O4S/c1-26(2)21(19-5-4-12-24-19)25-31(28,29)20-14-17(22(27)30-3)9-8-16(20)13-15-6-10-18(23)11-7-15/h4-12,14,24H,13H2,1-3H3. The topological polar surface area (TPSA) is 91.8 Å². The fraction of sp³-hybridized carbons (Fsp3) is 0.182. The first-order valence-corrected chi connectivity index (χ1v) is 11.1. The molecule has 0 atom stereocenters. The average Bonchev–Trinajstić information content (AvgIpc) is 3.27. The zero-order chi connectivity index (χ0) is 22.6. The monoisotopic (exact) mass is 459 g/mol. The summed E-state index contributed by atoms with van der Waals surface area (Å²) in [6.45, 7) is 0. The van der Waals surface area contributed by atoms with Gasteiger partial charge in [0.2, 0.25) is 0 Å². The van der Waals surface area contributed by atoms with Gasteiger partial charge in [0, 0.05) is 25.3 Å². The molecule has 1 N–H and O–H groups in total. The number of amidine groups is 1. The van der Waals surface area contributed by atoms with Gasteiger partial charge in [-0.25, -0.2) is 4.79 Å². The van der Waals surface area contributed by atoms with Crippen molar-refractivity contribution < 1.29 is 17.9 Å². The van der Waals surface area contributed by atoms with E-state index in [1.807, 2.05) is 12.1 Å². The summed E-state index contributed by atoms with van der Waals surface area (Å²) in [5.41, 5.74) is 2.05. The number of hydrogen-bond donors (Lipinski definition) is 1. The Morgan fingerprint density at radius 1 is 1.13 bits per heavy atom. The highest BCUT2D eigenvalue weighted by atomic mass is 35.5. The lowest BCUT2D eigenvalue weighted by Crippen LogP contribution is -2.25. The third-order valence-electron chi connectivity index (χ3n) is 4.54. The Bertz CT molecular complexity index is 1200. The minimum Gasteiger partial charge on any atom is -0.465 e. The van der Waals surface area contributed by atoms with Crippen molar-refractivity contribution >= 4 is 33.4 Å². The van der Waals surface area contributed by atoms with Crippen molar-refractivity contribution in [2.75, 3.05) is 21.2 Å². The third kappa shape index (κ3) is 5.34. The summed E-state index contributed by atoms with van der Waals surface area (Å²) in [5, 5.41) is 0.587. The van der Waals surface area contributed by atoms with E-state index in [9.17, 15) is 13.2 Å². The Morgan fingerprint density at radius 3 is 2.42 bits per heavy atom. The van der Waals surface area contributed by atoms with E-state index in [0.29, 0.717) is 22.7 Å². The summed E-state index contributed by atoms with van der Waals surface area (Å²) >= 11 is 5.95. The molecule has 0 amide bonds. The Labute approximate surface area is 186 Å². The van der Waals surface area contributed by atoms with E-state index in [1.165, 1.54) is 19.2 Å². The summed E-state index contributed by atoms with van der Waals surface area (Å²) in [6.07, 6.45) is 2.01. The molecular weight excluding hydrogens is 438 g/mol. The molecule has 9 heteroatoms. The first-order valence-electron chi connectivity index (χ1n) is 9.33. The van der Waals surface area contributed by atoms with Crippen LogP contribution in [-0.2, 0) is 21.2 Å². The number of aromatic amines is 1. The molecule has 2 aromatic carbocycles. The molecule has 0 saturated heterocycles. The molecule has 1 heterocycles. The molecule has 0 aliphatic heterocycles. The summed E-state index contributed by atoms with van der Waals surface area (Å²) in [5.74, 6) is -0.387. The van der Waals surface area contributed by atoms with E-state index in [1.54, 1.807) is 55.5 Å². The smallest absolute Gasteiger partial charge is 0.337 e. The predicted molar refractivity (Wildman–Crippen MR) is 120 cm³/mol. The normalized spacial score (nSPS) is 11.9. The SMILES string of the molecule is COC(=O)c1ccc(Cc2ccc(Cl)cc2)c(S(=O)(=O)N=C(c2ccc[nH]2)N(C)C)c1. The van der Waals surface area contributed by atoms with Crippen LogP contribution in [0, 0.1) is 0 Å². The number of carbonyl (C=O) groups excluding carboxylic acids is 1. The van der Waals surface area contributed by atoms with Crippen LogP contribution in [0.3, 0.4) is 0 Å². The highest BCUT2D eigenvalue weighted by Crippen LogP contribution is 2.25. The van der Waals surface area contributed by atoms with Crippen molar-refractivity contribution in [1.82, 2.24) is 9.88 Å². The van der Waals surface area contributed by atoms with Crippen molar-refractivity contribution in [3.05, 3.63) is 88.2 Å². The molecule has 0 spiro atoms. The number of H-pyrrole nitrogens is 1. The van der Waals surface area contributed by atoms with Crippen LogP contribution in [0.1, 0.15) is 27.2 Å².